The fraction of sp³-hybridized carbons (Fsp3) is 0.250. The fourth-order valence-electron chi connectivity index (χ4n) is 5.28. The van der Waals surface area contributed by atoms with E-state index >= 15 is 0 Å². The number of phenolic OH excluding ortho intramolecular Hbond substituents is 1. The summed E-state index contributed by atoms with van der Waals surface area (Å²) in [7, 11) is 2.01. The Balaban J connectivity index is 1.14. The summed E-state index contributed by atoms with van der Waals surface area (Å²) in [5.41, 5.74) is 6.07. The third-order valence-corrected chi connectivity index (χ3v) is 7.37. The molecule has 1 fully saturated rings. The monoisotopic (exact) mass is 477 g/mol. The number of rotatable bonds is 5. The van der Waals surface area contributed by atoms with Crippen LogP contribution in [0, 0.1) is 5.92 Å². The van der Waals surface area contributed by atoms with E-state index in [1.807, 2.05) is 78.1 Å². The lowest BCUT2D eigenvalue weighted by atomic mass is 9.91. The van der Waals surface area contributed by atoms with Crippen LogP contribution in [0.1, 0.15) is 35.4 Å². The number of para-hydroxylation sites is 2. The molecule has 1 saturated heterocycles. The maximum absolute atomic E-state index is 13.1. The van der Waals surface area contributed by atoms with Crippen molar-refractivity contribution < 1.29 is 9.90 Å². The van der Waals surface area contributed by atoms with Crippen LogP contribution in [0.3, 0.4) is 0 Å². The van der Waals surface area contributed by atoms with Crippen molar-refractivity contribution in [2.24, 2.45) is 5.92 Å². The van der Waals surface area contributed by atoms with Gasteiger partial charge in [-0.3, -0.25) is 4.79 Å². The molecule has 1 aliphatic rings. The van der Waals surface area contributed by atoms with Crippen molar-refractivity contribution in [1.82, 2.24) is 24.5 Å². The molecule has 0 spiro atoms. The van der Waals surface area contributed by atoms with Crippen LogP contribution in [-0.2, 0) is 6.42 Å². The second-order valence-corrected chi connectivity index (χ2v) is 9.76. The van der Waals surface area contributed by atoms with E-state index in [9.17, 15) is 9.90 Å². The SMILES string of the molecule is Bc1cnn2c(CCC3CCN(C(=O)c4cc5ccccc5[nH]4)CC3)cc(-c3ccccc3O)nc12. The zero-order valence-corrected chi connectivity index (χ0v) is 20.3. The average molecular weight is 477 g/mol. The molecule has 36 heavy (non-hydrogen) atoms. The summed E-state index contributed by atoms with van der Waals surface area (Å²) in [5.74, 6) is 0.856. The molecule has 4 heterocycles. The number of carbonyl (C=O) groups excluding carboxylic acids is 1. The smallest absolute Gasteiger partial charge is 0.270 e. The van der Waals surface area contributed by atoms with Gasteiger partial charge in [-0.15, -0.1) is 0 Å². The minimum Gasteiger partial charge on any atom is -0.507 e. The lowest BCUT2D eigenvalue weighted by Gasteiger charge is -2.31. The molecule has 2 aromatic carbocycles. The van der Waals surface area contributed by atoms with E-state index in [0.717, 1.165) is 77.7 Å². The van der Waals surface area contributed by atoms with Gasteiger partial charge < -0.3 is 15.0 Å². The number of nitrogens with zero attached hydrogens (tertiary/aromatic N) is 4. The van der Waals surface area contributed by atoms with Crippen molar-refractivity contribution in [2.45, 2.75) is 25.7 Å². The predicted molar refractivity (Wildman–Crippen MR) is 144 cm³/mol. The molecule has 5 aromatic rings. The number of aromatic amines is 1. The van der Waals surface area contributed by atoms with E-state index < -0.39 is 0 Å². The largest absolute Gasteiger partial charge is 0.507 e. The summed E-state index contributed by atoms with van der Waals surface area (Å²) < 4.78 is 1.92. The highest BCUT2D eigenvalue weighted by atomic mass is 16.3. The first-order valence-electron chi connectivity index (χ1n) is 12.6. The molecule has 8 heteroatoms. The topological polar surface area (TPSA) is 86.5 Å². The van der Waals surface area contributed by atoms with Crippen molar-refractivity contribution in [2.75, 3.05) is 13.1 Å². The number of phenols is 1. The molecule has 0 atom stereocenters. The van der Waals surface area contributed by atoms with E-state index in [1.165, 1.54) is 0 Å². The maximum Gasteiger partial charge on any atom is 0.270 e. The molecule has 1 amide bonds. The van der Waals surface area contributed by atoms with E-state index in [1.54, 1.807) is 6.07 Å². The van der Waals surface area contributed by atoms with E-state index in [2.05, 4.69) is 10.1 Å². The van der Waals surface area contributed by atoms with Gasteiger partial charge in [0.2, 0.25) is 0 Å². The fourth-order valence-corrected chi connectivity index (χ4v) is 5.28. The molecule has 0 unspecified atom stereocenters. The van der Waals surface area contributed by atoms with Gasteiger partial charge in [-0.05, 0) is 67.4 Å². The molecule has 0 radical (unpaired) electrons. The molecule has 180 valence electrons. The Hall–Kier alpha value is -4.07. The molecular weight excluding hydrogens is 449 g/mol. The van der Waals surface area contributed by atoms with Gasteiger partial charge in [0.25, 0.3) is 5.91 Å². The first-order chi connectivity index (χ1) is 17.6. The third-order valence-electron chi connectivity index (χ3n) is 7.37. The van der Waals surface area contributed by atoms with Gasteiger partial charge in [-0.25, -0.2) is 9.50 Å². The third kappa shape index (κ3) is 4.13. The molecule has 0 bridgehead atoms. The van der Waals surface area contributed by atoms with Gasteiger partial charge in [0.1, 0.15) is 24.9 Å². The number of amides is 1. The van der Waals surface area contributed by atoms with E-state index in [4.69, 9.17) is 4.98 Å². The van der Waals surface area contributed by atoms with Crippen molar-refractivity contribution in [1.29, 1.82) is 0 Å². The summed E-state index contributed by atoms with van der Waals surface area (Å²) >= 11 is 0. The minimum absolute atomic E-state index is 0.0832. The Morgan fingerprint density at radius 1 is 1.08 bits per heavy atom. The second kappa shape index (κ2) is 9.19. The van der Waals surface area contributed by atoms with Crippen molar-refractivity contribution >= 4 is 35.8 Å². The number of nitrogens with one attached hydrogen (secondary N) is 1. The van der Waals surface area contributed by atoms with Crippen molar-refractivity contribution in [3.05, 3.63) is 78.2 Å². The predicted octanol–water partition coefficient (Wildman–Crippen LogP) is 3.33. The number of likely N-dealkylation sites (tertiary alicyclic amines) is 1. The van der Waals surface area contributed by atoms with Gasteiger partial charge in [0.05, 0.1) is 5.69 Å². The summed E-state index contributed by atoms with van der Waals surface area (Å²) in [6.45, 7) is 1.54. The molecule has 0 saturated carbocycles. The summed E-state index contributed by atoms with van der Waals surface area (Å²) in [6, 6.07) is 19.3. The Labute approximate surface area is 210 Å². The zero-order chi connectivity index (χ0) is 24.6. The number of aryl methyl sites for hydroxylation is 1. The molecule has 2 N–H and O–H groups in total. The van der Waals surface area contributed by atoms with Crippen LogP contribution in [0.15, 0.2) is 66.9 Å². The number of benzene rings is 2. The molecule has 1 aliphatic heterocycles. The number of aromatic hydroxyl groups is 1. The minimum atomic E-state index is 0.0832. The lowest BCUT2D eigenvalue weighted by molar-refractivity contribution is 0.0682. The summed E-state index contributed by atoms with van der Waals surface area (Å²) in [6.07, 6.45) is 5.71. The van der Waals surface area contributed by atoms with Gasteiger partial charge in [0, 0.05) is 41.4 Å². The quantitative estimate of drug-likeness (QED) is 0.381. The van der Waals surface area contributed by atoms with Crippen LogP contribution in [0.5, 0.6) is 5.75 Å². The Bertz CT molecular complexity index is 1530. The molecule has 0 aliphatic carbocycles. The summed E-state index contributed by atoms with van der Waals surface area (Å²) in [5, 5.41) is 16.0. The van der Waals surface area contributed by atoms with Gasteiger partial charge in [-0.1, -0.05) is 30.3 Å². The first kappa shape index (κ1) is 22.4. The van der Waals surface area contributed by atoms with Gasteiger partial charge in [-0.2, -0.15) is 5.10 Å². The van der Waals surface area contributed by atoms with E-state index in [0.29, 0.717) is 11.6 Å². The number of carbonyl (C=O) groups is 1. The Morgan fingerprint density at radius 2 is 1.86 bits per heavy atom. The highest BCUT2D eigenvalue weighted by molar-refractivity contribution is 6.36. The van der Waals surface area contributed by atoms with Gasteiger partial charge in [0.15, 0.2) is 0 Å². The van der Waals surface area contributed by atoms with Crippen LogP contribution in [0.4, 0.5) is 0 Å². The number of piperidine rings is 1. The summed E-state index contributed by atoms with van der Waals surface area (Å²) in [4.78, 5) is 23.1. The highest BCUT2D eigenvalue weighted by Crippen LogP contribution is 2.29. The standard InChI is InChI=1S/C28H28BN5O2/c29-22-17-30-34-20(16-24(32-27(22)34)21-6-2-4-8-26(21)35)10-9-18-11-13-33(14-12-18)28(36)25-15-19-5-1-3-7-23(19)31-25/h1-8,15-18,31,35H,9-14,29H2. The average Bonchev–Trinajstić information content (AvgIpc) is 3.51. The zero-order valence-electron chi connectivity index (χ0n) is 20.3. The highest BCUT2D eigenvalue weighted by Gasteiger charge is 2.25. The Morgan fingerprint density at radius 3 is 2.67 bits per heavy atom. The number of H-pyrrole nitrogens is 1. The van der Waals surface area contributed by atoms with Crippen LogP contribution >= 0.6 is 0 Å². The van der Waals surface area contributed by atoms with E-state index in [-0.39, 0.29) is 11.7 Å². The number of hydrogen-bond acceptors (Lipinski definition) is 4. The van der Waals surface area contributed by atoms with Crippen LogP contribution in [0.2, 0.25) is 0 Å². The normalized spacial score (nSPS) is 14.6. The number of aromatic nitrogens is 4. The number of hydrogen-bond donors (Lipinski definition) is 2. The Kier molecular flexibility index (Phi) is 5.72. The number of fused-ring (bicyclic) bond motifs is 2. The maximum atomic E-state index is 13.1. The van der Waals surface area contributed by atoms with Crippen molar-refractivity contribution in [3.63, 3.8) is 0 Å². The molecule has 6 rings (SSSR count). The van der Waals surface area contributed by atoms with Crippen LogP contribution in [-0.4, -0.2) is 56.4 Å². The molecular formula is C28H28BN5O2. The first-order valence-corrected chi connectivity index (χ1v) is 12.6. The molecule has 3 aromatic heterocycles. The van der Waals surface area contributed by atoms with Crippen LogP contribution < -0.4 is 5.46 Å². The molecule has 7 nitrogen and oxygen atoms in total. The lowest BCUT2D eigenvalue weighted by Crippen LogP contribution is -2.38. The van der Waals surface area contributed by atoms with Gasteiger partial charge >= 0.3 is 0 Å². The second-order valence-electron chi connectivity index (χ2n) is 9.76. The van der Waals surface area contributed by atoms with Crippen LogP contribution in [0.25, 0.3) is 27.8 Å². The van der Waals surface area contributed by atoms with Crippen molar-refractivity contribution in [3.8, 4) is 17.0 Å².